The van der Waals surface area contributed by atoms with Crippen molar-refractivity contribution in [2.75, 3.05) is 36.5 Å². The highest BCUT2D eigenvalue weighted by molar-refractivity contribution is 5.74. The van der Waals surface area contributed by atoms with Gasteiger partial charge < -0.3 is 24.7 Å². The van der Waals surface area contributed by atoms with Crippen LogP contribution in [0.4, 0.5) is 11.4 Å². The summed E-state index contributed by atoms with van der Waals surface area (Å²) in [7, 11) is 0. The Hall–Kier alpha value is -4.17. The monoisotopic (exact) mass is 495 g/mol. The Morgan fingerprint density at radius 1 is 1.03 bits per heavy atom. The number of morpholine rings is 1. The number of benzene rings is 2. The summed E-state index contributed by atoms with van der Waals surface area (Å²) in [4.78, 5) is 26.4. The van der Waals surface area contributed by atoms with Crippen molar-refractivity contribution >= 4 is 11.4 Å². The van der Waals surface area contributed by atoms with Gasteiger partial charge in [0.1, 0.15) is 17.8 Å². The molecule has 1 atom stereocenters. The molecule has 0 bridgehead atoms. The highest BCUT2D eigenvalue weighted by atomic mass is 16.5. The molecule has 0 aliphatic carbocycles. The summed E-state index contributed by atoms with van der Waals surface area (Å²) in [5.74, 6) is 1.61. The molecule has 2 aliphatic heterocycles. The van der Waals surface area contributed by atoms with Gasteiger partial charge in [0.25, 0.3) is 0 Å². The van der Waals surface area contributed by atoms with Gasteiger partial charge in [-0.05, 0) is 55.8 Å². The number of aromatic nitrogens is 3. The zero-order valence-corrected chi connectivity index (χ0v) is 21.0. The zero-order chi connectivity index (χ0) is 25.4. The predicted molar refractivity (Wildman–Crippen MR) is 144 cm³/mol. The first-order chi connectivity index (χ1) is 18.0. The van der Waals surface area contributed by atoms with Crippen molar-refractivity contribution in [3.63, 3.8) is 0 Å². The number of aromatic amines is 1. The highest BCUT2D eigenvalue weighted by Gasteiger charge is 2.22. The van der Waals surface area contributed by atoms with Crippen LogP contribution in [0.2, 0.25) is 0 Å². The van der Waals surface area contributed by atoms with E-state index in [1.807, 2.05) is 43.3 Å². The van der Waals surface area contributed by atoms with E-state index in [0.29, 0.717) is 13.2 Å². The number of aryl methyl sites for hydroxylation is 1. The average Bonchev–Trinajstić information content (AvgIpc) is 2.91. The van der Waals surface area contributed by atoms with Gasteiger partial charge in [-0.1, -0.05) is 12.1 Å². The molecule has 4 heterocycles. The number of fused-ring (bicyclic) bond motifs is 2. The fourth-order valence-electron chi connectivity index (χ4n) is 4.99. The maximum Gasteiger partial charge on any atom is 0.250 e. The van der Waals surface area contributed by atoms with Crippen LogP contribution in [0.15, 0.2) is 65.7 Å². The van der Waals surface area contributed by atoms with Crippen molar-refractivity contribution in [1.82, 2.24) is 15.0 Å². The molecule has 2 aromatic carbocycles. The summed E-state index contributed by atoms with van der Waals surface area (Å²) in [5, 5.41) is 3.54. The molecule has 1 saturated heterocycles. The van der Waals surface area contributed by atoms with Crippen molar-refractivity contribution < 1.29 is 9.47 Å². The molecule has 1 unspecified atom stereocenters. The van der Waals surface area contributed by atoms with Crippen LogP contribution in [-0.4, -0.2) is 41.3 Å². The lowest BCUT2D eigenvalue weighted by Gasteiger charge is -2.29. The van der Waals surface area contributed by atoms with E-state index >= 15 is 0 Å². The molecule has 4 aromatic rings. The van der Waals surface area contributed by atoms with E-state index in [2.05, 4.69) is 44.2 Å². The van der Waals surface area contributed by atoms with Gasteiger partial charge in [-0.15, -0.1) is 0 Å². The summed E-state index contributed by atoms with van der Waals surface area (Å²) in [5.41, 5.74) is 7.50. The number of ether oxygens (including phenoxy) is 2. The maximum absolute atomic E-state index is 12.6. The minimum absolute atomic E-state index is 0.0405. The lowest BCUT2D eigenvalue weighted by Crippen LogP contribution is -2.36. The topological polar surface area (TPSA) is 92.4 Å². The van der Waals surface area contributed by atoms with Crippen molar-refractivity contribution in [2.24, 2.45) is 0 Å². The fourth-order valence-corrected chi connectivity index (χ4v) is 4.99. The molecule has 0 saturated carbocycles. The van der Waals surface area contributed by atoms with E-state index in [1.165, 1.54) is 0 Å². The number of nitrogens with zero attached hydrogens (tertiary/aromatic N) is 3. The third-order valence-corrected chi connectivity index (χ3v) is 6.90. The van der Waals surface area contributed by atoms with E-state index in [4.69, 9.17) is 9.47 Å². The van der Waals surface area contributed by atoms with Gasteiger partial charge in [-0.25, -0.2) is 9.97 Å². The fraction of sp³-hybridized carbons (Fsp3) is 0.276. The van der Waals surface area contributed by atoms with Crippen molar-refractivity contribution in [3.8, 4) is 22.8 Å². The van der Waals surface area contributed by atoms with E-state index in [9.17, 15) is 4.79 Å². The Morgan fingerprint density at radius 2 is 1.89 bits per heavy atom. The van der Waals surface area contributed by atoms with Crippen LogP contribution in [0.1, 0.15) is 35.5 Å². The standard InChI is InChI=1S/C29H29N5O3/c1-18-12-25(31-17-30-18)19(2)32-22-6-7-27-21(14-22)13-20-4-3-5-24(29(20)37-27)26-15-23(16-28(35)33-26)34-8-10-36-11-9-34/h3-7,12,14-17,19,32H,8-11,13H2,1-2H3,(H,33,35). The second-order valence-electron chi connectivity index (χ2n) is 9.56. The van der Waals surface area contributed by atoms with Gasteiger partial charge >= 0.3 is 0 Å². The van der Waals surface area contributed by atoms with Crippen LogP contribution in [0.3, 0.4) is 0 Å². The quantitative estimate of drug-likeness (QED) is 0.360. The molecular weight excluding hydrogens is 466 g/mol. The molecule has 2 aliphatic rings. The Morgan fingerprint density at radius 3 is 2.73 bits per heavy atom. The number of para-hydroxylation sites is 1. The molecule has 0 spiro atoms. The molecule has 37 heavy (non-hydrogen) atoms. The molecule has 6 rings (SSSR count). The molecule has 188 valence electrons. The van der Waals surface area contributed by atoms with Gasteiger partial charge in [0, 0.05) is 53.8 Å². The van der Waals surface area contributed by atoms with Crippen LogP contribution in [0, 0.1) is 6.92 Å². The highest BCUT2D eigenvalue weighted by Crippen LogP contribution is 2.43. The number of rotatable bonds is 5. The Kier molecular flexibility index (Phi) is 6.10. The molecule has 2 aromatic heterocycles. The third-order valence-electron chi connectivity index (χ3n) is 6.90. The van der Waals surface area contributed by atoms with Crippen LogP contribution in [0.25, 0.3) is 11.3 Å². The molecule has 1 fully saturated rings. The normalized spacial score (nSPS) is 15.4. The smallest absolute Gasteiger partial charge is 0.250 e. The molecule has 8 nitrogen and oxygen atoms in total. The van der Waals surface area contributed by atoms with Crippen molar-refractivity contribution in [2.45, 2.75) is 26.3 Å². The van der Waals surface area contributed by atoms with E-state index in [1.54, 1.807) is 12.4 Å². The SMILES string of the molecule is Cc1cc(C(C)Nc2ccc3c(c2)Cc2cccc(-c4cc(N5CCOCC5)cc(=O)[nH]4)c2O3)ncn1. The molecule has 0 radical (unpaired) electrons. The van der Waals surface area contributed by atoms with Gasteiger partial charge in [0.2, 0.25) is 5.56 Å². The Bertz CT molecular complexity index is 1510. The first kappa shape index (κ1) is 23.2. The second kappa shape index (κ2) is 9.71. The van der Waals surface area contributed by atoms with Gasteiger partial charge in [-0.2, -0.15) is 0 Å². The van der Waals surface area contributed by atoms with Crippen LogP contribution in [0.5, 0.6) is 11.5 Å². The second-order valence-corrected chi connectivity index (χ2v) is 9.56. The summed E-state index contributed by atoms with van der Waals surface area (Å²) in [6, 6.07) is 18.0. The lowest BCUT2D eigenvalue weighted by molar-refractivity contribution is 0.122. The average molecular weight is 496 g/mol. The third kappa shape index (κ3) is 4.80. The number of nitrogens with one attached hydrogen (secondary N) is 2. The molecule has 2 N–H and O–H groups in total. The summed E-state index contributed by atoms with van der Waals surface area (Å²) < 4.78 is 11.9. The molecule has 8 heteroatoms. The molecular formula is C29H29N5O3. The predicted octanol–water partition coefficient (Wildman–Crippen LogP) is 4.85. The van der Waals surface area contributed by atoms with E-state index in [0.717, 1.165) is 76.2 Å². The number of anilines is 2. The maximum atomic E-state index is 12.6. The van der Waals surface area contributed by atoms with Gasteiger partial charge in [-0.3, -0.25) is 4.79 Å². The number of H-pyrrole nitrogens is 1. The van der Waals surface area contributed by atoms with Gasteiger partial charge in [0.05, 0.1) is 30.6 Å². The van der Waals surface area contributed by atoms with Crippen molar-refractivity contribution in [3.05, 3.63) is 93.8 Å². The van der Waals surface area contributed by atoms with Crippen LogP contribution < -0.4 is 20.5 Å². The lowest BCUT2D eigenvalue weighted by atomic mass is 9.96. The van der Waals surface area contributed by atoms with Crippen LogP contribution in [-0.2, 0) is 11.2 Å². The van der Waals surface area contributed by atoms with Crippen LogP contribution >= 0.6 is 0 Å². The number of pyridine rings is 1. The van der Waals surface area contributed by atoms with Crippen molar-refractivity contribution in [1.29, 1.82) is 0 Å². The first-order valence-electron chi connectivity index (χ1n) is 12.6. The van der Waals surface area contributed by atoms with E-state index < -0.39 is 0 Å². The summed E-state index contributed by atoms with van der Waals surface area (Å²) in [6.45, 7) is 6.92. The first-order valence-corrected chi connectivity index (χ1v) is 12.6. The minimum Gasteiger partial charge on any atom is -0.456 e. The summed E-state index contributed by atoms with van der Waals surface area (Å²) in [6.07, 6.45) is 2.34. The minimum atomic E-state index is -0.128. The zero-order valence-electron chi connectivity index (χ0n) is 21.0. The number of hydrogen-bond acceptors (Lipinski definition) is 7. The number of hydrogen-bond donors (Lipinski definition) is 2. The Labute approximate surface area is 215 Å². The van der Waals surface area contributed by atoms with E-state index in [-0.39, 0.29) is 11.6 Å². The molecule has 0 amide bonds. The largest absolute Gasteiger partial charge is 0.456 e. The Balaban J connectivity index is 1.27. The summed E-state index contributed by atoms with van der Waals surface area (Å²) >= 11 is 0. The van der Waals surface area contributed by atoms with Gasteiger partial charge in [0.15, 0.2) is 0 Å².